The van der Waals surface area contributed by atoms with Crippen LogP contribution in [0.25, 0.3) is 0 Å². The average molecular weight is 349 g/mol. The first kappa shape index (κ1) is 17.8. The lowest BCUT2D eigenvalue weighted by Gasteiger charge is -2.50. The summed E-state index contributed by atoms with van der Waals surface area (Å²) in [4.78, 5) is 0. The van der Waals surface area contributed by atoms with Crippen molar-refractivity contribution in [2.75, 3.05) is 6.16 Å². The molecule has 0 aromatic carbocycles. The zero-order valence-corrected chi connectivity index (χ0v) is 18.3. The van der Waals surface area contributed by atoms with Gasteiger partial charge in [0.15, 0.2) is 0 Å². The highest BCUT2D eigenvalue weighted by Gasteiger charge is 2.67. The minimum atomic E-state index is 0.193. The Labute approximate surface area is 152 Å². The van der Waals surface area contributed by atoms with E-state index in [9.17, 15) is 0 Å². The van der Waals surface area contributed by atoms with E-state index in [1.54, 1.807) is 19.0 Å². The van der Waals surface area contributed by atoms with Crippen molar-refractivity contribution in [1.29, 1.82) is 0 Å². The molecular formula is C23H41P. The summed E-state index contributed by atoms with van der Waals surface area (Å²) in [5.41, 5.74) is 4.61. The Bertz CT molecular complexity index is 476. The fourth-order valence-corrected chi connectivity index (χ4v) is 13.1. The van der Waals surface area contributed by atoms with Gasteiger partial charge in [-0.3, -0.25) is 0 Å². The molecular weight excluding hydrogens is 307 g/mol. The maximum absolute atomic E-state index is 2.70. The maximum Gasteiger partial charge on any atom is -0.0144 e. The van der Waals surface area contributed by atoms with Crippen molar-refractivity contribution in [2.45, 2.75) is 105 Å². The van der Waals surface area contributed by atoms with E-state index >= 15 is 0 Å². The van der Waals surface area contributed by atoms with Gasteiger partial charge in [-0.15, -0.1) is 0 Å². The van der Waals surface area contributed by atoms with Crippen LogP contribution in [0.2, 0.25) is 0 Å². The Morgan fingerprint density at radius 2 is 1.17 bits per heavy atom. The van der Waals surface area contributed by atoms with Gasteiger partial charge >= 0.3 is 0 Å². The highest BCUT2D eigenvalue weighted by Crippen LogP contribution is 2.79. The largest absolute Gasteiger partial charge is 0.0992 e. The second-order valence-electron chi connectivity index (χ2n) is 11.5. The van der Waals surface area contributed by atoms with E-state index in [4.69, 9.17) is 0 Å². The normalized spacial score (nSPS) is 52.1. The van der Waals surface area contributed by atoms with E-state index in [0.717, 1.165) is 23.2 Å². The van der Waals surface area contributed by atoms with Gasteiger partial charge < -0.3 is 0 Å². The van der Waals surface area contributed by atoms with Gasteiger partial charge in [-0.25, -0.2) is 0 Å². The van der Waals surface area contributed by atoms with Crippen LogP contribution in [0.5, 0.6) is 0 Å². The number of fused-ring (bicyclic) bond motifs is 4. The van der Waals surface area contributed by atoms with Crippen LogP contribution < -0.4 is 0 Å². The van der Waals surface area contributed by atoms with E-state index in [-0.39, 0.29) is 7.92 Å². The first-order valence-corrected chi connectivity index (χ1v) is 12.5. The highest BCUT2D eigenvalue weighted by molar-refractivity contribution is 7.59. The number of hydrogen-bond acceptors (Lipinski definition) is 0. The maximum atomic E-state index is 2.70. The fraction of sp³-hybridized carbons (Fsp3) is 1.00. The minimum absolute atomic E-state index is 0.193. The van der Waals surface area contributed by atoms with Gasteiger partial charge in [0.1, 0.15) is 0 Å². The van der Waals surface area contributed by atoms with Crippen LogP contribution in [0, 0.1) is 33.5 Å². The predicted octanol–water partition coefficient (Wildman–Crippen LogP) is 7.31. The van der Waals surface area contributed by atoms with Crippen molar-refractivity contribution in [3.8, 4) is 0 Å². The van der Waals surface area contributed by atoms with Crippen LogP contribution in [0.4, 0.5) is 0 Å². The van der Waals surface area contributed by atoms with Crippen LogP contribution in [-0.2, 0) is 0 Å². The van der Waals surface area contributed by atoms with Crippen molar-refractivity contribution in [2.24, 2.45) is 33.5 Å². The molecule has 4 fully saturated rings. The summed E-state index contributed by atoms with van der Waals surface area (Å²) >= 11 is 0. The van der Waals surface area contributed by atoms with E-state index in [1.807, 2.05) is 0 Å². The summed E-state index contributed by atoms with van der Waals surface area (Å²) in [5, 5.41) is 0. The smallest absolute Gasteiger partial charge is 0.0144 e. The van der Waals surface area contributed by atoms with Crippen LogP contribution in [-0.4, -0.2) is 17.5 Å². The Morgan fingerprint density at radius 3 is 1.42 bits per heavy atom. The van der Waals surface area contributed by atoms with Gasteiger partial charge in [-0.05, 0) is 89.5 Å². The first-order chi connectivity index (χ1) is 11.1. The standard InChI is InChI=1S/C23H41P/c1-8-13-24(18-14-16-9-11-22(18,6)20(16,2)3)19-15-17-10-12-23(19,7)21(17,4)5/h16-19H,8-15H2,1-7H3. The molecule has 0 heterocycles. The Morgan fingerprint density at radius 1 is 0.750 bits per heavy atom. The monoisotopic (exact) mass is 348 g/mol. The molecule has 138 valence electrons. The third-order valence-corrected chi connectivity index (χ3v) is 14.9. The molecule has 4 aliphatic rings. The Balaban J connectivity index is 1.68. The van der Waals surface area contributed by atoms with Crippen LogP contribution >= 0.6 is 7.92 Å². The van der Waals surface area contributed by atoms with Crippen molar-refractivity contribution in [3.05, 3.63) is 0 Å². The Kier molecular flexibility index (Phi) is 3.89. The van der Waals surface area contributed by atoms with Gasteiger partial charge in [-0.1, -0.05) is 62.8 Å². The summed E-state index contributed by atoms with van der Waals surface area (Å²) in [5.74, 6) is 2.04. The van der Waals surface area contributed by atoms with E-state index in [2.05, 4.69) is 48.5 Å². The summed E-state index contributed by atoms with van der Waals surface area (Å²) in [7, 11) is 0.193. The van der Waals surface area contributed by atoms with Gasteiger partial charge in [0.2, 0.25) is 0 Å². The summed E-state index contributed by atoms with van der Waals surface area (Å²) in [6.45, 7) is 18.4. The lowest BCUT2D eigenvalue weighted by Crippen LogP contribution is -2.41. The molecule has 4 bridgehead atoms. The SMILES string of the molecule is CCCP(C1CC2CCC1(C)C2(C)C)C1CC2CCC1(C)C2(C)C. The molecule has 1 heteroatoms. The second kappa shape index (κ2) is 5.24. The molecule has 0 saturated heterocycles. The third-order valence-electron chi connectivity index (χ3n) is 10.8. The fourth-order valence-electron chi connectivity index (χ4n) is 8.11. The second-order valence-corrected chi connectivity index (χ2v) is 14.2. The number of rotatable bonds is 4. The van der Waals surface area contributed by atoms with Gasteiger partial charge in [0.05, 0.1) is 0 Å². The van der Waals surface area contributed by atoms with E-state index in [1.165, 1.54) is 32.1 Å². The quantitative estimate of drug-likeness (QED) is 0.467. The predicted molar refractivity (Wildman–Crippen MR) is 108 cm³/mol. The first-order valence-electron chi connectivity index (χ1n) is 10.9. The average Bonchev–Trinajstić information content (AvgIpc) is 3.03. The van der Waals surface area contributed by atoms with E-state index < -0.39 is 0 Å². The lowest BCUT2D eigenvalue weighted by molar-refractivity contribution is 0.147. The zero-order chi connectivity index (χ0) is 17.5. The summed E-state index contributed by atoms with van der Waals surface area (Å²) in [6.07, 6.45) is 12.2. The molecule has 24 heavy (non-hydrogen) atoms. The molecule has 0 radical (unpaired) electrons. The molecule has 6 unspecified atom stereocenters. The van der Waals surface area contributed by atoms with Gasteiger partial charge in [0.25, 0.3) is 0 Å². The van der Waals surface area contributed by atoms with Crippen molar-refractivity contribution < 1.29 is 0 Å². The van der Waals surface area contributed by atoms with Crippen molar-refractivity contribution >= 4 is 7.92 Å². The van der Waals surface area contributed by atoms with Crippen LogP contribution in [0.1, 0.15) is 93.4 Å². The van der Waals surface area contributed by atoms with E-state index in [0.29, 0.717) is 21.7 Å². The van der Waals surface area contributed by atoms with Crippen LogP contribution in [0.15, 0.2) is 0 Å². The molecule has 4 aliphatic carbocycles. The van der Waals surface area contributed by atoms with Gasteiger partial charge in [-0.2, -0.15) is 0 Å². The number of hydrogen-bond donors (Lipinski definition) is 0. The van der Waals surface area contributed by atoms with Gasteiger partial charge in [0, 0.05) is 0 Å². The Hall–Kier alpha value is 0.430. The molecule has 4 rings (SSSR count). The molecule has 0 nitrogen and oxygen atoms in total. The minimum Gasteiger partial charge on any atom is -0.0992 e. The summed E-state index contributed by atoms with van der Waals surface area (Å²) in [6, 6.07) is 0. The summed E-state index contributed by atoms with van der Waals surface area (Å²) < 4.78 is 0. The third kappa shape index (κ3) is 1.91. The highest BCUT2D eigenvalue weighted by atomic mass is 31.1. The molecule has 0 N–H and O–H groups in total. The molecule has 0 aromatic heterocycles. The lowest BCUT2D eigenvalue weighted by atomic mass is 9.70. The molecule has 0 aromatic rings. The molecule has 0 amide bonds. The van der Waals surface area contributed by atoms with Crippen molar-refractivity contribution in [1.82, 2.24) is 0 Å². The molecule has 4 saturated carbocycles. The van der Waals surface area contributed by atoms with Crippen LogP contribution in [0.3, 0.4) is 0 Å². The topological polar surface area (TPSA) is 0 Å². The molecule has 0 aliphatic heterocycles. The van der Waals surface area contributed by atoms with Crippen molar-refractivity contribution in [3.63, 3.8) is 0 Å². The molecule has 0 spiro atoms. The zero-order valence-electron chi connectivity index (χ0n) is 17.4. The molecule has 6 atom stereocenters.